The molecule has 0 atom stereocenters. The monoisotopic (exact) mass is 316 g/mol. The zero-order valence-corrected chi connectivity index (χ0v) is 12.5. The van der Waals surface area contributed by atoms with Crippen LogP contribution in [0.1, 0.15) is 32.3 Å². The smallest absolute Gasteiger partial charge is 0.347 e. The van der Waals surface area contributed by atoms with Crippen molar-refractivity contribution < 1.29 is 22.8 Å². The molecule has 1 rings (SSSR count). The van der Waals surface area contributed by atoms with Gasteiger partial charge >= 0.3 is 6.18 Å². The summed E-state index contributed by atoms with van der Waals surface area (Å²) in [7, 11) is 0. The summed E-state index contributed by atoms with van der Waals surface area (Å²) in [6.45, 7) is 3.56. The van der Waals surface area contributed by atoms with Crippen LogP contribution in [0.5, 0.6) is 0 Å². The molecule has 7 heteroatoms. The molecule has 0 saturated carbocycles. The number of hydrogen-bond donors (Lipinski definition) is 2. The molecule has 0 unspecified atom stereocenters. The van der Waals surface area contributed by atoms with Gasteiger partial charge in [-0.05, 0) is 37.1 Å². The Balaban J connectivity index is 2.50. The number of amides is 2. The molecule has 1 aromatic rings. The maximum atomic E-state index is 12.4. The van der Waals surface area contributed by atoms with Gasteiger partial charge in [0.2, 0.25) is 11.8 Å². The number of halogens is 3. The molecule has 122 valence electrons. The van der Waals surface area contributed by atoms with Gasteiger partial charge in [0.1, 0.15) is 0 Å². The number of rotatable bonds is 6. The normalized spacial score (nSPS) is 11.4. The second-order valence-electron chi connectivity index (χ2n) is 4.85. The van der Waals surface area contributed by atoms with E-state index in [-0.39, 0.29) is 24.1 Å². The topological polar surface area (TPSA) is 58.2 Å². The van der Waals surface area contributed by atoms with Crippen LogP contribution in [0.3, 0.4) is 0 Å². The van der Waals surface area contributed by atoms with E-state index in [1.54, 1.807) is 0 Å². The Morgan fingerprint density at radius 1 is 1.09 bits per heavy atom. The van der Waals surface area contributed by atoms with Gasteiger partial charge in [0.15, 0.2) is 0 Å². The fourth-order valence-corrected chi connectivity index (χ4v) is 1.92. The van der Waals surface area contributed by atoms with Gasteiger partial charge in [-0.25, -0.2) is 0 Å². The lowest BCUT2D eigenvalue weighted by Crippen LogP contribution is -2.36. The molecular weight excluding hydrogens is 297 g/mol. The molecule has 0 aromatic heterocycles. The van der Waals surface area contributed by atoms with Crippen molar-refractivity contribution in [2.45, 2.75) is 32.9 Å². The van der Waals surface area contributed by atoms with Crippen molar-refractivity contribution in [3.05, 3.63) is 29.8 Å². The lowest BCUT2D eigenvalue weighted by Gasteiger charge is -2.13. The highest BCUT2D eigenvalue weighted by molar-refractivity contribution is 5.94. The first-order valence-corrected chi connectivity index (χ1v) is 7.02. The zero-order valence-electron chi connectivity index (χ0n) is 12.5. The van der Waals surface area contributed by atoms with Crippen LogP contribution in [0.25, 0.3) is 0 Å². The molecule has 1 aromatic carbocycles. The van der Waals surface area contributed by atoms with E-state index < -0.39 is 17.6 Å². The van der Waals surface area contributed by atoms with E-state index in [2.05, 4.69) is 10.6 Å². The van der Waals surface area contributed by atoms with Crippen LogP contribution >= 0.6 is 0 Å². The van der Waals surface area contributed by atoms with E-state index in [0.717, 1.165) is 12.1 Å². The second kappa shape index (κ2) is 7.82. The quantitative estimate of drug-likeness (QED) is 0.847. The number of benzene rings is 1. The molecule has 0 radical (unpaired) electrons. The largest absolute Gasteiger partial charge is 0.416 e. The lowest BCUT2D eigenvalue weighted by atomic mass is 10.0. The highest BCUT2D eigenvalue weighted by atomic mass is 19.4. The molecule has 2 amide bonds. The maximum absolute atomic E-state index is 12.4. The summed E-state index contributed by atoms with van der Waals surface area (Å²) in [6.07, 6.45) is -3.04. The third-order valence-corrected chi connectivity index (χ3v) is 3.28. The van der Waals surface area contributed by atoms with Crippen LogP contribution < -0.4 is 10.6 Å². The van der Waals surface area contributed by atoms with Gasteiger partial charge in [-0.2, -0.15) is 13.2 Å². The van der Waals surface area contributed by atoms with Crippen LogP contribution in [0.4, 0.5) is 18.9 Å². The highest BCUT2D eigenvalue weighted by Crippen LogP contribution is 2.29. The molecular formula is C15H19F3N2O2. The van der Waals surface area contributed by atoms with E-state index in [1.165, 1.54) is 12.1 Å². The van der Waals surface area contributed by atoms with Gasteiger partial charge in [-0.3, -0.25) is 9.59 Å². The minimum Gasteiger partial charge on any atom is -0.347 e. The van der Waals surface area contributed by atoms with Gasteiger partial charge in [-0.15, -0.1) is 0 Å². The SMILES string of the molecule is CCC(CC)C(=O)NCC(=O)Nc1ccc(C(F)(F)F)cc1. The molecule has 22 heavy (non-hydrogen) atoms. The molecule has 0 aliphatic carbocycles. The lowest BCUT2D eigenvalue weighted by molar-refractivity contribution is -0.137. The summed E-state index contributed by atoms with van der Waals surface area (Å²) in [4.78, 5) is 23.4. The third kappa shape index (κ3) is 5.38. The summed E-state index contributed by atoms with van der Waals surface area (Å²) >= 11 is 0. The Morgan fingerprint density at radius 2 is 1.64 bits per heavy atom. The van der Waals surface area contributed by atoms with Crippen molar-refractivity contribution in [1.29, 1.82) is 0 Å². The van der Waals surface area contributed by atoms with Crippen molar-refractivity contribution in [2.24, 2.45) is 5.92 Å². The number of nitrogens with one attached hydrogen (secondary N) is 2. The summed E-state index contributed by atoms with van der Waals surface area (Å²) in [5.74, 6) is -0.828. The van der Waals surface area contributed by atoms with Gasteiger partial charge in [0.25, 0.3) is 0 Å². The molecule has 0 spiro atoms. The third-order valence-electron chi connectivity index (χ3n) is 3.28. The number of hydrogen-bond acceptors (Lipinski definition) is 2. The van der Waals surface area contributed by atoms with Crippen molar-refractivity contribution in [1.82, 2.24) is 5.32 Å². The maximum Gasteiger partial charge on any atom is 0.416 e. The van der Waals surface area contributed by atoms with Crippen molar-refractivity contribution >= 4 is 17.5 Å². The predicted molar refractivity (Wildman–Crippen MR) is 77.2 cm³/mol. The number of carbonyl (C=O) groups excluding carboxylic acids is 2. The Labute approximate surface area is 127 Å². The van der Waals surface area contributed by atoms with E-state index in [1.807, 2.05) is 13.8 Å². The Morgan fingerprint density at radius 3 is 2.09 bits per heavy atom. The molecule has 0 saturated heterocycles. The Bertz CT molecular complexity index is 509. The number of carbonyl (C=O) groups is 2. The van der Waals surface area contributed by atoms with Crippen molar-refractivity contribution in [3.63, 3.8) is 0 Å². The zero-order chi connectivity index (χ0) is 16.8. The minimum absolute atomic E-state index is 0.140. The summed E-state index contributed by atoms with van der Waals surface area (Å²) < 4.78 is 37.2. The van der Waals surface area contributed by atoms with Crippen LogP contribution in [-0.2, 0) is 15.8 Å². The van der Waals surface area contributed by atoms with Gasteiger partial charge in [0.05, 0.1) is 12.1 Å². The number of alkyl halides is 3. The van der Waals surface area contributed by atoms with E-state index in [9.17, 15) is 22.8 Å². The molecule has 0 bridgehead atoms. The van der Waals surface area contributed by atoms with Gasteiger partial charge in [0, 0.05) is 11.6 Å². The fraction of sp³-hybridized carbons (Fsp3) is 0.467. The van der Waals surface area contributed by atoms with Crippen molar-refractivity contribution in [2.75, 3.05) is 11.9 Å². The molecule has 0 heterocycles. The van der Waals surface area contributed by atoms with E-state index in [0.29, 0.717) is 12.8 Å². The van der Waals surface area contributed by atoms with Crippen molar-refractivity contribution in [3.8, 4) is 0 Å². The van der Waals surface area contributed by atoms with E-state index >= 15 is 0 Å². The fourth-order valence-electron chi connectivity index (χ4n) is 1.92. The van der Waals surface area contributed by atoms with Gasteiger partial charge < -0.3 is 10.6 Å². The standard InChI is InChI=1S/C15H19F3N2O2/c1-3-10(4-2)14(22)19-9-13(21)20-12-7-5-11(6-8-12)15(16,17)18/h5-8,10H,3-4,9H2,1-2H3,(H,19,22)(H,20,21). The highest BCUT2D eigenvalue weighted by Gasteiger charge is 2.29. The van der Waals surface area contributed by atoms with E-state index in [4.69, 9.17) is 0 Å². The summed E-state index contributed by atoms with van der Waals surface area (Å²) in [6, 6.07) is 4.11. The second-order valence-corrected chi connectivity index (χ2v) is 4.85. The first kappa shape index (κ1) is 18.0. The van der Waals surface area contributed by atoms with Gasteiger partial charge in [-0.1, -0.05) is 13.8 Å². The first-order valence-electron chi connectivity index (χ1n) is 7.02. The average molecular weight is 316 g/mol. The molecule has 0 aliphatic heterocycles. The van der Waals surface area contributed by atoms with Crippen LogP contribution in [0, 0.1) is 5.92 Å². The molecule has 2 N–H and O–H groups in total. The average Bonchev–Trinajstić information content (AvgIpc) is 2.46. The predicted octanol–water partition coefficient (Wildman–Crippen LogP) is 3.20. The molecule has 4 nitrogen and oxygen atoms in total. The minimum atomic E-state index is -4.41. The molecule has 0 aliphatic rings. The summed E-state index contributed by atoms with van der Waals surface area (Å²) in [5, 5.41) is 4.94. The Hall–Kier alpha value is -2.05. The Kier molecular flexibility index (Phi) is 6.39. The van der Waals surface area contributed by atoms with Crippen LogP contribution in [0.15, 0.2) is 24.3 Å². The first-order chi connectivity index (χ1) is 10.3. The summed E-state index contributed by atoms with van der Waals surface area (Å²) in [5.41, 5.74) is -0.540. The van der Waals surface area contributed by atoms with Crippen LogP contribution in [-0.4, -0.2) is 18.4 Å². The molecule has 0 fully saturated rings. The van der Waals surface area contributed by atoms with Crippen LogP contribution in [0.2, 0.25) is 0 Å². The number of anilines is 1.